The molecule has 2 N–H and O–H groups in total. The zero-order valence-corrected chi connectivity index (χ0v) is 19.2. The Morgan fingerprint density at radius 2 is 1.94 bits per heavy atom. The molecule has 34 heavy (non-hydrogen) atoms. The summed E-state index contributed by atoms with van der Waals surface area (Å²) < 4.78 is 2.11. The summed E-state index contributed by atoms with van der Waals surface area (Å²) in [7, 11) is 0. The average molecular weight is 493 g/mol. The summed E-state index contributed by atoms with van der Waals surface area (Å²) in [6.07, 6.45) is 0.252. The van der Waals surface area contributed by atoms with E-state index in [2.05, 4.69) is 20.6 Å². The monoisotopic (exact) mass is 492 g/mol. The number of hydrogen-bond donors (Lipinski definition) is 2. The van der Waals surface area contributed by atoms with Gasteiger partial charge in [-0.05, 0) is 47.0 Å². The molecule has 0 spiro atoms. The maximum Gasteiger partial charge on any atom is 0.303 e. The molecule has 0 amide bonds. The molecule has 0 aliphatic carbocycles. The first-order chi connectivity index (χ1) is 16.5. The highest BCUT2D eigenvalue weighted by Crippen LogP contribution is 2.33. The third-order valence-corrected chi connectivity index (χ3v) is 6.57. The fraction of sp³-hybridized carbons (Fsp3) is 0.130. The summed E-state index contributed by atoms with van der Waals surface area (Å²) in [5.41, 5.74) is 2.72. The smallest absolute Gasteiger partial charge is 0.303 e. The molecule has 170 valence electrons. The van der Waals surface area contributed by atoms with Crippen molar-refractivity contribution in [3.63, 3.8) is 0 Å². The zero-order chi connectivity index (χ0) is 23.7. The Bertz CT molecular complexity index is 1560. The van der Waals surface area contributed by atoms with E-state index >= 15 is 0 Å². The second-order valence-electron chi connectivity index (χ2n) is 7.51. The minimum atomic E-state index is -0.914. The van der Waals surface area contributed by atoms with Crippen molar-refractivity contribution in [2.45, 2.75) is 19.4 Å². The van der Waals surface area contributed by atoms with Gasteiger partial charge in [0.1, 0.15) is 0 Å². The lowest BCUT2D eigenvalue weighted by atomic mass is 9.98. The lowest BCUT2D eigenvalue weighted by molar-refractivity contribution is -0.137. The van der Waals surface area contributed by atoms with Gasteiger partial charge < -0.3 is 5.11 Å². The topological polar surface area (TPSA) is 127 Å². The van der Waals surface area contributed by atoms with Crippen molar-refractivity contribution in [2.24, 2.45) is 0 Å². The number of carboxylic acids is 1. The first-order valence-corrected chi connectivity index (χ1v) is 11.6. The summed E-state index contributed by atoms with van der Waals surface area (Å²) in [5.74, 6) is 0.00689. The van der Waals surface area contributed by atoms with E-state index in [9.17, 15) is 9.59 Å². The maximum atomic E-state index is 13.6. The van der Waals surface area contributed by atoms with E-state index in [1.54, 1.807) is 18.2 Å². The van der Waals surface area contributed by atoms with E-state index < -0.39 is 5.97 Å². The number of hydrogen-bond acceptors (Lipinski definition) is 7. The van der Waals surface area contributed by atoms with Crippen molar-refractivity contribution in [1.29, 1.82) is 0 Å². The van der Waals surface area contributed by atoms with E-state index in [-0.39, 0.29) is 18.5 Å². The number of H-pyrrole nitrogens is 1. The second kappa shape index (κ2) is 9.16. The Morgan fingerprint density at radius 1 is 1.12 bits per heavy atom. The van der Waals surface area contributed by atoms with E-state index in [0.717, 1.165) is 21.6 Å². The van der Waals surface area contributed by atoms with Crippen LogP contribution in [0.15, 0.2) is 59.4 Å². The molecule has 5 aromatic rings. The number of aromatic amines is 1. The lowest BCUT2D eigenvalue weighted by Crippen LogP contribution is -2.24. The minimum absolute atomic E-state index is 0.0484. The van der Waals surface area contributed by atoms with Crippen molar-refractivity contribution in [3.8, 4) is 33.2 Å². The van der Waals surface area contributed by atoms with Crippen molar-refractivity contribution in [1.82, 2.24) is 30.2 Å². The molecule has 0 saturated heterocycles. The third kappa shape index (κ3) is 4.20. The van der Waals surface area contributed by atoms with Gasteiger partial charge in [0.15, 0.2) is 5.82 Å². The van der Waals surface area contributed by atoms with Crippen molar-refractivity contribution in [2.75, 3.05) is 0 Å². The number of aliphatic carboxylic acids is 1. The predicted octanol–water partition coefficient (Wildman–Crippen LogP) is 4.49. The van der Waals surface area contributed by atoms with Crippen LogP contribution in [0.3, 0.4) is 0 Å². The number of thiophene rings is 1. The second-order valence-corrected chi connectivity index (χ2v) is 9.22. The number of tetrazole rings is 1. The molecule has 0 fully saturated rings. The van der Waals surface area contributed by atoms with Gasteiger partial charge >= 0.3 is 5.97 Å². The summed E-state index contributed by atoms with van der Waals surface area (Å²) in [4.78, 5) is 30.1. The summed E-state index contributed by atoms with van der Waals surface area (Å²) >= 11 is 7.44. The van der Waals surface area contributed by atoms with E-state index in [1.165, 1.54) is 15.9 Å². The van der Waals surface area contributed by atoms with Gasteiger partial charge in [-0.2, -0.15) is 5.21 Å². The molecule has 11 heteroatoms. The fourth-order valence-electron chi connectivity index (χ4n) is 3.81. The highest BCUT2D eigenvalue weighted by molar-refractivity contribution is 7.19. The highest BCUT2D eigenvalue weighted by atomic mass is 35.5. The van der Waals surface area contributed by atoms with Gasteiger partial charge in [0, 0.05) is 18.5 Å². The molecule has 9 nitrogen and oxygen atoms in total. The van der Waals surface area contributed by atoms with Crippen LogP contribution in [0.4, 0.5) is 0 Å². The molecular formula is C23H17ClN6O3S. The number of fused-ring (bicyclic) bond motifs is 1. The quantitative estimate of drug-likeness (QED) is 0.342. The van der Waals surface area contributed by atoms with Crippen LogP contribution in [0.25, 0.3) is 44.1 Å². The summed E-state index contributed by atoms with van der Waals surface area (Å²) in [6, 6.07) is 16.6. The zero-order valence-electron chi connectivity index (χ0n) is 17.6. The Balaban J connectivity index is 1.67. The molecule has 0 radical (unpaired) electrons. The first kappa shape index (κ1) is 21.9. The molecule has 0 aliphatic rings. The van der Waals surface area contributed by atoms with Crippen LogP contribution in [-0.2, 0) is 11.3 Å². The van der Waals surface area contributed by atoms with Crippen LogP contribution < -0.4 is 5.56 Å². The van der Waals surface area contributed by atoms with Crippen molar-refractivity contribution < 1.29 is 9.90 Å². The number of nitrogens with one attached hydrogen (secondary N) is 1. The normalized spacial score (nSPS) is 11.2. The number of carbonyl (C=O) groups is 1. The molecular weight excluding hydrogens is 476 g/mol. The van der Waals surface area contributed by atoms with Crippen LogP contribution >= 0.6 is 22.9 Å². The number of carboxylic acid groups (broad SMARTS) is 1. The Kier molecular flexibility index (Phi) is 5.91. The van der Waals surface area contributed by atoms with Gasteiger partial charge in [0.05, 0.1) is 20.1 Å². The van der Waals surface area contributed by atoms with Gasteiger partial charge in [-0.3, -0.25) is 14.2 Å². The lowest BCUT2D eigenvalue weighted by Gasteiger charge is -2.13. The van der Waals surface area contributed by atoms with Gasteiger partial charge in [0.25, 0.3) is 5.56 Å². The molecule has 0 atom stereocenters. The maximum absolute atomic E-state index is 13.6. The Hall–Kier alpha value is -3.89. The van der Waals surface area contributed by atoms with Crippen LogP contribution in [-0.4, -0.2) is 41.3 Å². The van der Waals surface area contributed by atoms with Crippen LogP contribution in [0.5, 0.6) is 0 Å². The van der Waals surface area contributed by atoms with Gasteiger partial charge in [0.2, 0.25) is 5.82 Å². The number of nitrogens with zero attached hydrogens (tertiary/aromatic N) is 5. The standard InChI is InChI=1S/C23H17ClN6O3S/c24-19-10-9-18(34-19)22-25-17-8-7-13(12-16(17)23(33)30(22)11-3-6-20(31)32)14-4-1-2-5-15(14)21-26-28-29-27-21/h1-2,4-5,7-10,12H,3,6,11H2,(H,31,32)(H,26,27,28,29). The van der Waals surface area contributed by atoms with Gasteiger partial charge in [-0.25, -0.2) is 4.98 Å². The molecule has 3 aromatic heterocycles. The molecule has 0 bridgehead atoms. The van der Waals surface area contributed by atoms with Gasteiger partial charge in [-0.1, -0.05) is 41.9 Å². The number of aromatic nitrogens is 6. The highest BCUT2D eigenvalue weighted by Gasteiger charge is 2.17. The number of benzene rings is 2. The van der Waals surface area contributed by atoms with E-state index in [0.29, 0.717) is 33.3 Å². The molecule has 3 heterocycles. The first-order valence-electron chi connectivity index (χ1n) is 10.4. The van der Waals surface area contributed by atoms with E-state index in [1.807, 2.05) is 36.4 Å². The Labute approximate surface area is 201 Å². The number of halogens is 1. The third-order valence-electron chi connectivity index (χ3n) is 5.34. The van der Waals surface area contributed by atoms with Crippen LogP contribution in [0.2, 0.25) is 4.34 Å². The average Bonchev–Trinajstić information content (AvgIpc) is 3.52. The summed E-state index contributed by atoms with van der Waals surface area (Å²) in [5, 5.41) is 23.7. The van der Waals surface area contributed by atoms with E-state index in [4.69, 9.17) is 21.7 Å². The van der Waals surface area contributed by atoms with Crippen LogP contribution in [0, 0.1) is 0 Å². The largest absolute Gasteiger partial charge is 0.481 e. The fourth-order valence-corrected chi connectivity index (χ4v) is 4.85. The molecule has 0 aliphatic heterocycles. The molecule has 5 rings (SSSR count). The van der Waals surface area contributed by atoms with Crippen LogP contribution in [0.1, 0.15) is 12.8 Å². The SMILES string of the molecule is O=C(O)CCCn1c(-c2ccc(Cl)s2)nc2ccc(-c3ccccc3-c3nn[nH]n3)cc2c1=O. The van der Waals surface area contributed by atoms with Crippen molar-refractivity contribution >= 4 is 39.8 Å². The van der Waals surface area contributed by atoms with Crippen molar-refractivity contribution in [3.05, 3.63) is 69.3 Å². The molecule has 0 saturated carbocycles. The number of rotatable bonds is 7. The predicted molar refractivity (Wildman–Crippen MR) is 130 cm³/mol. The Morgan fingerprint density at radius 3 is 2.65 bits per heavy atom. The molecule has 2 aromatic carbocycles. The summed E-state index contributed by atoms with van der Waals surface area (Å²) in [6.45, 7) is 0.225. The van der Waals surface area contributed by atoms with Gasteiger partial charge in [-0.15, -0.1) is 21.5 Å². The molecule has 0 unspecified atom stereocenters. The minimum Gasteiger partial charge on any atom is -0.481 e.